The number of nitro groups is 1. The van der Waals surface area contributed by atoms with Crippen molar-refractivity contribution < 1.29 is 18.5 Å². The van der Waals surface area contributed by atoms with E-state index in [9.17, 15) is 23.7 Å². The highest BCUT2D eigenvalue weighted by molar-refractivity contribution is 5.39. The van der Waals surface area contributed by atoms with E-state index in [1.165, 1.54) is 0 Å². The van der Waals surface area contributed by atoms with Gasteiger partial charge in [-0.15, -0.1) is 0 Å². The number of benzene rings is 1. The first-order valence-corrected chi connectivity index (χ1v) is 3.72. The molecule has 15 heavy (non-hydrogen) atoms. The summed E-state index contributed by atoms with van der Waals surface area (Å²) in [5.74, 6) is -2.31. The van der Waals surface area contributed by atoms with Gasteiger partial charge in [-0.05, 0) is 6.07 Å². The van der Waals surface area contributed by atoms with Crippen LogP contribution in [0.4, 0.5) is 14.5 Å². The molecule has 0 saturated carbocycles. The van der Waals surface area contributed by atoms with E-state index in [0.717, 1.165) is 12.1 Å². The number of nitro benzene ring substituents is 1. The third-order valence-electron chi connectivity index (χ3n) is 1.66. The molecule has 78 valence electrons. The van der Waals surface area contributed by atoms with Crippen LogP contribution in [-0.2, 0) is 11.3 Å². The third kappa shape index (κ3) is 2.21. The van der Waals surface area contributed by atoms with Crippen LogP contribution in [0.25, 0.3) is 0 Å². The van der Waals surface area contributed by atoms with E-state index in [4.69, 9.17) is 0 Å². The maximum absolute atomic E-state index is 13.2. The Balaban J connectivity index is 3.29. The predicted octanol–water partition coefficient (Wildman–Crippen LogP) is 1.71. The second-order valence-electron chi connectivity index (χ2n) is 2.52. The van der Waals surface area contributed by atoms with Crippen LogP contribution >= 0.6 is 0 Å². The van der Waals surface area contributed by atoms with E-state index in [1.54, 1.807) is 0 Å². The molecule has 1 aromatic carbocycles. The summed E-state index contributed by atoms with van der Waals surface area (Å²) in [7, 11) is 0. The lowest BCUT2D eigenvalue weighted by Crippen LogP contribution is -2.00. The summed E-state index contributed by atoms with van der Waals surface area (Å²) < 4.78 is 26.2. The molecule has 1 rings (SSSR count). The molecule has 0 aromatic heterocycles. The standard InChI is InChI=1S/C8H4F2N2O3/c9-6-1-2-7(12(14)15)8(10)5(6)3-11-4-13/h1-2H,3H2. The van der Waals surface area contributed by atoms with Crippen molar-refractivity contribution in [2.24, 2.45) is 4.99 Å². The van der Waals surface area contributed by atoms with E-state index >= 15 is 0 Å². The molecule has 0 aliphatic heterocycles. The number of rotatable bonds is 3. The molecule has 0 radical (unpaired) electrons. The largest absolute Gasteiger partial charge is 0.305 e. The molecule has 0 bridgehead atoms. The fraction of sp³-hybridized carbons (Fsp3) is 0.125. The summed E-state index contributed by atoms with van der Waals surface area (Å²) in [6.45, 7) is -0.608. The number of carbonyl (C=O) groups excluding carboxylic acids is 1. The normalized spacial score (nSPS) is 9.47. The zero-order valence-corrected chi connectivity index (χ0v) is 7.24. The molecule has 7 heteroatoms. The van der Waals surface area contributed by atoms with Gasteiger partial charge in [0.05, 0.1) is 17.0 Å². The molecular weight excluding hydrogens is 210 g/mol. The summed E-state index contributed by atoms with van der Waals surface area (Å²) >= 11 is 0. The number of isocyanates is 1. The van der Waals surface area contributed by atoms with Crippen LogP contribution < -0.4 is 0 Å². The quantitative estimate of drug-likeness (QED) is 0.332. The average Bonchev–Trinajstić information content (AvgIpc) is 2.17. The van der Waals surface area contributed by atoms with Gasteiger partial charge < -0.3 is 0 Å². The van der Waals surface area contributed by atoms with E-state index in [1.807, 2.05) is 0 Å². The Morgan fingerprint density at radius 1 is 1.47 bits per heavy atom. The van der Waals surface area contributed by atoms with Crippen molar-refractivity contribution in [1.82, 2.24) is 0 Å². The maximum Gasteiger partial charge on any atom is 0.305 e. The minimum atomic E-state index is -1.32. The Bertz CT molecular complexity index is 455. The first-order valence-electron chi connectivity index (χ1n) is 3.72. The summed E-state index contributed by atoms with van der Waals surface area (Å²) in [5.41, 5.74) is -1.47. The van der Waals surface area contributed by atoms with Crippen molar-refractivity contribution in [2.75, 3.05) is 0 Å². The molecule has 0 aliphatic rings. The van der Waals surface area contributed by atoms with Crippen LogP contribution in [0.15, 0.2) is 17.1 Å². The number of hydrogen-bond donors (Lipinski definition) is 0. The maximum atomic E-state index is 13.2. The summed E-state index contributed by atoms with van der Waals surface area (Å²) in [6, 6.07) is 1.45. The summed E-state index contributed by atoms with van der Waals surface area (Å²) in [4.78, 5) is 22.0. The Morgan fingerprint density at radius 2 is 2.13 bits per heavy atom. The van der Waals surface area contributed by atoms with Gasteiger partial charge in [-0.3, -0.25) is 10.1 Å². The lowest BCUT2D eigenvalue weighted by atomic mass is 10.1. The van der Waals surface area contributed by atoms with Crippen LogP contribution in [0, 0.1) is 21.7 Å². The molecule has 0 heterocycles. The average molecular weight is 214 g/mol. The smallest absolute Gasteiger partial charge is 0.258 e. The molecule has 5 nitrogen and oxygen atoms in total. The predicted molar refractivity (Wildman–Crippen MR) is 44.8 cm³/mol. The fourth-order valence-corrected chi connectivity index (χ4v) is 0.983. The molecule has 0 aliphatic carbocycles. The molecule has 0 saturated heterocycles. The number of aliphatic imine (C=N–C) groups is 1. The van der Waals surface area contributed by atoms with Crippen LogP contribution in [0.3, 0.4) is 0 Å². The van der Waals surface area contributed by atoms with Gasteiger partial charge in [0.1, 0.15) is 5.82 Å². The minimum Gasteiger partial charge on any atom is -0.258 e. The molecule has 0 atom stereocenters. The van der Waals surface area contributed by atoms with Gasteiger partial charge in [-0.2, -0.15) is 4.39 Å². The lowest BCUT2D eigenvalue weighted by Gasteiger charge is -2.00. The zero-order valence-electron chi connectivity index (χ0n) is 7.24. The van der Waals surface area contributed by atoms with Crippen molar-refractivity contribution in [3.05, 3.63) is 39.4 Å². The highest BCUT2D eigenvalue weighted by Crippen LogP contribution is 2.23. The Kier molecular flexibility index (Phi) is 3.20. The highest BCUT2D eigenvalue weighted by atomic mass is 19.1. The second kappa shape index (κ2) is 4.39. The molecule has 1 aromatic rings. The SMILES string of the molecule is O=C=NCc1c(F)ccc([N+](=O)[O-])c1F. The van der Waals surface area contributed by atoms with E-state index < -0.39 is 34.4 Å². The van der Waals surface area contributed by atoms with Crippen molar-refractivity contribution in [3.8, 4) is 0 Å². The van der Waals surface area contributed by atoms with Crippen LogP contribution in [0.1, 0.15) is 5.56 Å². The molecule has 0 fully saturated rings. The topological polar surface area (TPSA) is 72.6 Å². The van der Waals surface area contributed by atoms with E-state index in [-0.39, 0.29) is 0 Å². The summed E-state index contributed by atoms with van der Waals surface area (Å²) in [5, 5.41) is 10.3. The van der Waals surface area contributed by atoms with E-state index in [2.05, 4.69) is 4.99 Å². The van der Waals surface area contributed by atoms with Crippen molar-refractivity contribution in [2.45, 2.75) is 6.54 Å². The van der Waals surface area contributed by atoms with Gasteiger partial charge in [-0.25, -0.2) is 14.2 Å². The number of nitrogens with zero attached hydrogens (tertiary/aromatic N) is 2. The van der Waals surface area contributed by atoms with E-state index in [0.29, 0.717) is 6.07 Å². The highest BCUT2D eigenvalue weighted by Gasteiger charge is 2.20. The van der Waals surface area contributed by atoms with Gasteiger partial charge >= 0.3 is 5.69 Å². The molecule has 0 unspecified atom stereocenters. The number of halogens is 2. The molecule has 0 amide bonds. The zero-order chi connectivity index (χ0) is 11.4. The van der Waals surface area contributed by atoms with Gasteiger partial charge in [-0.1, -0.05) is 0 Å². The third-order valence-corrected chi connectivity index (χ3v) is 1.66. The Hall–Kier alpha value is -2.14. The molecular formula is C8H4F2N2O3. The monoisotopic (exact) mass is 214 g/mol. The van der Waals surface area contributed by atoms with Crippen molar-refractivity contribution in [3.63, 3.8) is 0 Å². The fourth-order valence-electron chi connectivity index (χ4n) is 0.983. The first kappa shape index (κ1) is 10.9. The summed E-state index contributed by atoms with van der Waals surface area (Å²) in [6.07, 6.45) is 1.09. The van der Waals surface area contributed by atoms with Gasteiger partial charge in [0.15, 0.2) is 0 Å². The Labute approximate surface area is 82.2 Å². The van der Waals surface area contributed by atoms with Crippen molar-refractivity contribution in [1.29, 1.82) is 0 Å². The van der Waals surface area contributed by atoms with Crippen LogP contribution in [-0.4, -0.2) is 11.0 Å². The lowest BCUT2D eigenvalue weighted by molar-refractivity contribution is -0.387. The molecule has 0 N–H and O–H groups in total. The van der Waals surface area contributed by atoms with Crippen LogP contribution in [0.2, 0.25) is 0 Å². The number of hydrogen-bond acceptors (Lipinski definition) is 4. The van der Waals surface area contributed by atoms with Crippen LogP contribution in [0.5, 0.6) is 0 Å². The van der Waals surface area contributed by atoms with Crippen molar-refractivity contribution >= 4 is 11.8 Å². The second-order valence-corrected chi connectivity index (χ2v) is 2.52. The Morgan fingerprint density at radius 3 is 2.67 bits per heavy atom. The van der Waals surface area contributed by atoms with Gasteiger partial charge in [0, 0.05) is 6.07 Å². The minimum absolute atomic E-state index is 0.608. The van der Waals surface area contributed by atoms with Gasteiger partial charge in [0.2, 0.25) is 11.9 Å². The molecule has 0 spiro atoms. The first-order chi connectivity index (χ1) is 7.07. The van der Waals surface area contributed by atoms with Gasteiger partial charge in [0.25, 0.3) is 0 Å².